The number of benzene rings is 2. The molecule has 1 aliphatic heterocycles. The predicted octanol–water partition coefficient (Wildman–Crippen LogP) is 4.31. The Kier molecular flexibility index (Phi) is 5.88. The van der Waals surface area contributed by atoms with Crippen LogP contribution < -0.4 is 4.90 Å². The van der Waals surface area contributed by atoms with Crippen molar-refractivity contribution in [2.75, 3.05) is 31.1 Å². The highest BCUT2D eigenvalue weighted by atomic mass is 19.1. The molecule has 8 heteroatoms. The minimum absolute atomic E-state index is 0.00496. The normalized spacial score (nSPS) is 14.0. The van der Waals surface area contributed by atoms with Crippen molar-refractivity contribution in [2.24, 2.45) is 0 Å². The van der Waals surface area contributed by atoms with Gasteiger partial charge in [0.05, 0.1) is 17.1 Å². The van der Waals surface area contributed by atoms with Crippen molar-refractivity contribution < 1.29 is 13.6 Å². The Balaban J connectivity index is 1.36. The summed E-state index contributed by atoms with van der Waals surface area (Å²) >= 11 is 0. The lowest BCUT2D eigenvalue weighted by Crippen LogP contribution is -2.49. The lowest BCUT2D eigenvalue weighted by atomic mass is 10.1. The fraction of sp³-hybridized carbons (Fsp3) is 0.269. The number of carbonyl (C=O) groups is 1. The van der Waals surface area contributed by atoms with Crippen LogP contribution in [0, 0.1) is 19.7 Å². The average molecular weight is 460 g/mol. The minimum atomic E-state index is -0.249. The second-order valence-electron chi connectivity index (χ2n) is 8.54. The third-order valence-electron chi connectivity index (χ3n) is 6.10. The predicted molar refractivity (Wildman–Crippen MR) is 128 cm³/mol. The molecule has 7 nitrogen and oxygen atoms in total. The molecule has 1 saturated heterocycles. The van der Waals surface area contributed by atoms with Crippen LogP contribution in [-0.4, -0.2) is 51.8 Å². The van der Waals surface area contributed by atoms with Gasteiger partial charge < -0.3 is 14.2 Å². The average Bonchev–Trinajstić information content (AvgIpc) is 3.48. The summed E-state index contributed by atoms with van der Waals surface area (Å²) in [6, 6.07) is 17.4. The molecule has 0 atom stereocenters. The molecule has 0 radical (unpaired) electrons. The maximum atomic E-state index is 13.8. The Hall–Kier alpha value is -3.94. The van der Waals surface area contributed by atoms with E-state index in [1.54, 1.807) is 30.0 Å². The fourth-order valence-corrected chi connectivity index (χ4v) is 4.19. The molecule has 1 amide bonds. The van der Waals surface area contributed by atoms with E-state index in [4.69, 9.17) is 9.52 Å². The van der Waals surface area contributed by atoms with E-state index in [1.807, 2.05) is 48.2 Å². The second kappa shape index (κ2) is 9.13. The van der Waals surface area contributed by atoms with E-state index in [1.165, 1.54) is 6.07 Å². The van der Waals surface area contributed by atoms with Crippen LogP contribution >= 0.6 is 0 Å². The lowest BCUT2D eigenvalue weighted by molar-refractivity contribution is -0.132. The maximum absolute atomic E-state index is 13.8. The molecule has 174 valence electrons. The molecule has 3 heterocycles. The summed E-state index contributed by atoms with van der Waals surface area (Å²) < 4.78 is 21.0. The van der Waals surface area contributed by atoms with E-state index in [0.29, 0.717) is 43.5 Å². The smallest absolute Gasteiger partial charge is 0.297 e. The number of oxazole rings is 1. The first-order chi connectivity index (χ1) is 16.5. The lowest BCUT2D eigenvalue weighted by Gasteiger charge is -2.33. The summed E-state index contributed by atoms with van der Waals surface area (Å²) in [7, 11) is 0. The van der Waals surface area contributed by atoms with E-state index >= 15 is 0 Å². The van der Waals surface area contributed by atoms with Gasteiger partial charge >= 0.3 is 0 Å². The van der Waals surface area contributed by atoms with Crippen molar-refractivity contribution in [1.82, 2.24) is 19.7 Å². The van der Waals surface area contributed by atoms with Crippen molar-refractivity contribution in [3.8, 4) is 22.5 Å². The Morgan fingerprint density at radius 2 is 1.76 bits per heavy atom. The number of rotatable bonds is 5. The van der Waals surface area contributed by atoms with E-state index < -0.39 is 0 Å². The number of aryl methyl sites for hydroxylation is 2. The number of amides is 1. The molecule has 0 spiro atoms. The zero-order chi connectivity index (χ0) is 23.7. The molecule has 0 N–H and O–H groups in total. The quantitative estimate of drug-likeness (QED) is 0.445. The van der Waals surface area contributed by atoms with E-state index in [-0.39, 0.29) is 18.3 Å². The van der Waals surface area contributed by atoms with Gasteiger partial charge in [-0.25, -0.2) is 4.39 Å². The second-order valence-corrected chi connectivity index (χ2v) is 8.54. The molecule has 2 aromatic carbocycles. The van der Waals surface area contributed by atoms with E-state index in [0.717, 1.165) is 22.5 Å². The van der Waals surface area contributed by atoms with Crippen LogP contribution in [0.1, 0.15) is 11.3 Å². The van der Waals surface area contributed by atoms with Crippen LogP contribution in [0.2, 0.25) is 0 Å². The van der Waals surface area contributed by atoms with Crippen molar-refractivity contribution in [3.05, 3.63) is 77.9 Å². The number of halogens is 1. The SMILES string of the molecule is Cc1coc(N2CCN(C(=O)Cn3nc(-c4ccc(F)c(C)c4)cc3-c3ccccc3)CC2)n1. The van der Waals surface area contributed by atoms with E-state index in [9.17, 15) is 9.18 Å². The maximum Gasteiger partial charge on any atom is 0.297 e. The summed E-state index contributed by atoms with van der Waals surface area (Å²) in [5, 5.41) is 4.74. The third-order valence-corrected chi connectivity index (χ3v) is 6.10. The highest BCUT2D eigenvalue weighted by Gasteiger charge is 2.25. The van der Waals surface area contributed by atoms with Gasteiger partial charge in [0.2, 0.25) is 5.91 Å². The Morgan fingerprint density at radius 1 is 1.00 bits per heavy atom. The third kappa shape index (κ3) is 4.44. The van der Waals surface area contributed by atoms with Gasteiger partial charge in [-0.05, 0) is 49.2 Å². The molecule has 2 aromatic heterocycles. The number of piperazine rings is 1. The van der Waals surface area contributed by atoms with Gasteiger partial charge in [-0.3, -0.25) is 9.48 Å². The molecule has 0 bridgehead atoms. The van der Waals surface area contributed by atoms with Gasteiger partial charge in [-0.15, -0.1) is 0 Å². The number of aromatic nitrogens is 3. The first-order valence-corrected chi connectivity index (χ1v) is 11.3. The van der Waals surface area contributed by atoms with Gasteiger partial charge in [0.15, 0.2) is 0 Å². The largest absolute Gasteiger partial charge is 0.432 e. The van der Waals surface area contributed by atoms with Crippen LogP contribution in [-0.2, 0) is 11.3 Å². The fourth-order valence-electron chi connectivity index (χ4n) is 4.19. The Labute approximate surface area is 197 Å². The van der Waals surface area contributed by atoms with Crippen LogP contribution in [0.25, 0.3) is 22.5 Å². The summed E-state index contributed by atoms with van der Waals surface area (Å²) in [5.41, 5.74) is 4.74. The Bertz CT molecular complexity index is 1310. The van der Waals surface area contributed by atoms with Crippen molar-refractivity contribution in [1.29, 1.82) is 0 Å². The Morgan fingerprint density at radius 3 is 2.44 bits per heavy atom. The van der Waals surface area contributed by atoms with Crippen molar-refractivity contribution >= 4 is 11.9 Å². The van der Waals surface area contributed by atoms with E-state index in [2.05, 4.69) is 9.88 Å². The van der Waals surface area contributed by atoms with Crippen LogP contribution in [0.15, 0.2) is 65.3 Å². The highest BCUT2D eigenvalue weighted by Crippen LogP contribution is 2.27. The first-order valence-electron chi connectivity index (χ1n) is 11.3. The van der Waals surface area contributed by atoms with Gasteiger partial charge in [0.1, 0.15) is 18.6 Å². The van der Waals surface area contributed by atoms with Crippen LogP contribution in [0.3, 0.4) is 0 Å². The monoisotopic (exact) mass is 459 g/mol. The molecule has 0 aliphatic carbocycles. The number of hydrogen-bond acceptors (Lipinski definition) is 5. The molecule has 5 rings (SSSR count). The van der Waals surface area contributed by atoms with Gasteiger partial charge in [0.25, 0.3) is 6.01 Å². The summed E-state index contributed by atoms with van der Waals surface area (Å²) in [6.45, 7) is 6.26. The van der Waals surface area contributed by atoms with Crippen molar-refractivity contribution in [2.45, 2.75) is 20.4 Å². The minimum Gasteiger partial charge on any atom is -0.432 e. The molecule has 34 heavy (non-hydrogen) atoms. The zero-order valence-corrected chi connectivity index (χ0v) is 19.2. The van der Waals surface area contributed by atoms with Gasteiger partial charge in [0, 0.05) is 31.7 Å². The summed E-state index contributed by atoms with van der Waals surface area (Å²) in [6.07, 6.45) is 1.63. The number of nitrogens with zero attached hydrogens (tertiary/aromatic N) is 5. The van der Waals surface area contributed by atoms with Gasteiger partial charge in [-0.1, -0.05) is 30.3 Å². The molecule has 1 fully saturated rings. The molecular weight excluding hydrogens is 433 g/mol. The number of anilines is 1. The van der Waals surface area contributed by atoms with Crippen LogP contribution in [0.4, 0.5) is 10.4 Å². The first kappa shape index (κ1) is 21.9. The summed E-state index contributed by atoms with van der Waals surface area (Å²) in [5.74, 6) is -0.244. The standard InChI is InChI=1S/C26H26FN5O2/c1-18-14-21(8-9-22(18)27)23-15-24(20-6-4-3-5-7-20)32(29-23)16-25(33)30-10-12-31(13-11-30)26-28-19(2)17-34-26/h3-9,14-15,17H,10-13,16H2,1-2H3. The highest BCUT2D eigenvalue weighted by molar-refractivity contribution is 5.78. The molecule has 0 saturated carbocycles. The zero-order valence-electron chi connectivity index (χ0n) is 19.2. The molecule has 1 aliphatic rings. The number of carbonyl (C=O) groups excluding carboxylic acids is 1. The van der Waals surface area contributed by atoms with Crippen LogP contribution in [0.5, 0.6) is 0 Å². The topological polar surface area (TPSA) is 67.4 Å². The molecule has 4 aromatic rings. The van der Waals surface area contributed by atoms with Gasteiger partial charge in [-0.2, -0.15) is 10.1 Å². The van der Waals surface area contributed by atoms with Crippen molar-refractivity contribution in [3.63, 3.8) is 0 Å². The molecular formula is C26H26FN5O2. The summed E-state index contributed by atoms with van der Waals surface area (Å²) in [4.78, 5) is 21.5. The molecule has 0 unspecified atom stereocenters. The number of hydrogen-bond donors (Lipinski definition) is 0.